The second kappa shape index (κ2) is 8.24. The lowest BCUT2D eigenvalue weighted by Crippen LogP contribution is -2.51. The van der Waals surface area contributed by atoms with Crippen LogP contribution in [0, 0.1) is 17.7 Å². The van der Waals surface area contributed by atoms with Gasteiger partial charge in [0.2, 0.25) is 11.8 Å². The summed E-state index contributed by atoms with van der Waals surface area (Å²) in [6.45, 7) is 3.72. The third kappa shape index (κ3) is 4.15. The minimum absolute atomic E-state index is 0.0904. The molecule has 2 amide bonds. The van der Waals surface area contributed by atoms with E-state index >= 15 is 0 Å². The zero-order valence-electron chi connectivity index (χ0n) is 15.5. The number of benzene rings is 1. The van der Waals surface area contributed by atoms with Crippen LogP contribution in [0.2, 0.25) is 0 Å². The van der Waals surface area contributed by atoms with Crippen LogP contribution in [0.25, 0.3) is 11.0 Å². The third-order valence-corrected chi connectivity index (χ3v) is 5.32. The van der Waals surface area contributed by atoms with Crippen LogP contribution < -0.4 is 10.6 Å². The fourth-order valence-corrected chi connectivity index (χ4v) is 3.81. The van der Waals surface area contributed by atoms with Gasteiger partial charge in [-0.3, -0.25) is 9.59 Å². The predicted molar refractivity (Wildman–Crippen MR) is 99.8 cm³/mol. The summed E-state index contributed by atoms with van der Waals surface area (Å²) >= 11 is 0. The molecule has 3 heterocycles. The summed E-state index contributed by atoms with van der Waals surface area (Å²) in [6, 6.07) is 4.32. The quantitative estimate of drug-likeness (QED) is 0.703. The highest BCUT2D eigenvalue weighted by Gasteiger charge is 2.33. The molecule has 0 bridgehead atoms. The Labute approximate surface area is 161 Å². The van der Waals surface area contributed by atoms with Crippen molar-refractivity contribution < 1.29 is 18.7 Å². The minimum Gasteiger partial charge on any atom is -0.378 e. The molecule has 0 saturated carbocycles. The molecule has 4 rings (SSSR count). The largest absolute Gasteiger partial charge is 0.378 e. The summed E-state index contributed by atoms with van der Waals surface area (Å²) in [5, 5.41) is 6.08. The molecule has 2 aromatic rings. The number of H-pyrrole nitrogens is 1. The number of nitrogens with zero attached hydrogens (tertiary/aromatic N) is 2. The Hall–Kier alpha value is -2.52. The van der Waals surface area contributed by atoms with Crippen molar-refractivity contribution in [2.24, 2.45) is 11.8 Å². The van der Waals surface area contributed by atoms with Gasteiger partial charge >= 0.3 is 0 Å². The molecule has 150 valence electrons. The number of rotatable bonds is 4. The van der Waals surface area contributed by atoms with Gasteiger partial charge in [0.15, 0.2) is 0 Å². The molecule has 2 unspecified atom stereocenters. The van der Waals surface area contributed by atoms with Crippen LogP contribution in [0.5, 0.6) is 0 Å². The highest BCUT2D eigenvalue weighted by Crippen LogP contribution is 2.20. The summed E-state index contributed by atoms with van der Waals surface area (Å²) in [7, 11) is 0. The van der Waals surface area contributed by atoms with E-state index in [0.717, 1.165) is 0 Å². The first-order valence-electron chi connectivity index (χ1n) is 9.59. The highest BCUT2D eigenvalue weighted by atomic mass is 19.1. The van der Waals surface area contributed by atoms with Crippen molar-refractivity contribution in [3.05, 3.63) is 29.8 Å². The molecule has 2 saturated heterocycles. The number of halogens is 1. The molecule has 0 aliphatic carbocycles. The van der Waals surface area contributed by atoms with Crippen LogP contribution in [0.4, 0.5) is 4.39 Å². The molecule has 2 aliphatic heterocycles. The number of aromatic nitrogens is 2. The molecule has 0 spiro atoms. The summed E-state index contributed by atoms with van der Waals surface area (Å²) in [5.74, 6) is -0.261. The average Bonchev–Trinajstić information content (AvgIpc) is 3.14. The van der Waals surface area contributed by atoms with Gasteiger partial charge in [-0.15, -0.1) is 0 Å². The maximum Gasteiger partial charge on any atom is 0.227 e. The SMILES string of the molecule is O=C(NCc1nc2ccc(F)cc2[nH]1)C1CNCC(C(=O)N2CCOCC2)C1. The van der Waals surface area contributed by atoms with Crippen molar-refractivity contribution in [3.8, 4) is 0 Å². The highest BCUT2D eigenvalue weighted by molar-refractivity contribution is 5.83. The molecule has 0 radical (unpaired) electrons. The fraction of sp³-hybridized carbons (Fsp3) is 0.526. The van der Waals surface area contributed by atoms with E-state index in [9.17, 15) is 14.0 Å². The lowest BCUT2D eigenvalue weighted by molar-refractivity contribution is -0.141. The Balaban J connectivity index is 1.32. The van der Waals surface area contributed by atoms with E-state index in [1.54, 1.807) is 6.07 Å². The van der Waals surface area contributed by atoms with E-state index in [2.05, 4.69) is 20.6 Å². The first-order valence-corrected chi connectivity index (χ1v) is 9.59. The normalized spacial score (nSPS) is 23.0. The van der Waals surface area contributed by atoms with Crippen LogP contribution in [0.3, 0.4) is 0 Å². The first-order chi connectivity index (χ1) is 13.6. The lowest BCUT2D eigenvalue weighted by atomic mass is 9.88. The summed E-state index contributed by atoms with van der Waals surface area (Å²) in [4.78, 5) is 34.5. The van der Waals surface area contributed by atoms with E-state index < -0.39 is 0 Å². The molecular weight excluding hydrogens is 365 g/mol. The van der Waals surface area contributed by atoms with Gasteiger partial charge in [0.25, 0.3) is 0 Å². The maximum absolute atomic E-state index is 13.3. The van der Waals surface area contributed by atoms with Gasteiger partial charge < -0.3 is 25.3 Å². The smallest absolute Gasteiger partial charge is 0.227 e. The Morgan fingerprint density at radius 3 is 2.86 bits per heavy atom. The number of amides is 2. The van der Waals surface area contributed by atoms with Crippen molar-refractivity contribution in [2.45, 2.75) is 13.0 Å². The molecule has 2 fully saturated rings. The number of aromatic amines is 1. The van der Waals surface area contributed by atoms with Crippen LogP contribution in [0.1, 0.15) is 12.2 Å². The number of morpholine rings is 1. The van der Waals surface area contributed by atoms with Crippen LogP contribution in [0.15, 0.2) is 18.2 Å². The van der Waals surface area contributed by atoms with Crippen LogP contribution in [-0.4, -0.2) is 66.1 Å². The molecule has 1 aromatic carbocycles. The number of hydrogen-bond acceptors (Lipinski definition) is 5. The number of fused-ring (bicyclic) bond motifs is 1. The van der Waals surface area contributed by atoms with Gasteiger partial charge in [-0.05, 0) is 24.6 Å². The molecule has 8 nitrogen and oxygen atoms in total. The number of nitrogens with one attached hydrogen (secondary N) is 3. The Morgan fingerprint density at radius 1 is 1.25 bits per heavy atom. The number of hydrogen-bond donors (Lipinski definition) is 3. The van der Waals surface area contributed by atoms with Crippen molar-refractivity contribution in [1.82, 2.24) is 25.5 Å². The van der Waals surface area contributed by atoms with Crippen molar-refractivity contribution >= 4 is 22.8 Å². The number of ether oxygens (including phenoxy) is 1. The van der Waals surface area contributed by atoms with Gasteiger partial charge in [-0.25, -0.2) is 9.37 Å². The van der Waals surface area contributed by atoms with Crippen LogP contribution in [-0.2, 0) is 20.9 Å². The van der Waals surface area contributed by atoms with Crippen molar-refractivity contribution in [1.29, 1.82) is 0 Å². The number of imidazole rings is 1. The van der Waals surface area contributed by atoms with E-state index in [4.69, 9.17) is 4.74 Å². The molecule has 28 heavy (non-hydrogen) atoms. The zero-order valence-corrected chi connectivity index (χ0v) is 15.5. The Bertz CT molecular complexity index is 864. The lowest BCUT2D eigenvalue weighted by Gasteiger charge is -2.34. The number of carbonyl (C=O) groups excluding carboxylic acids is 2. The predicted octanol–water partition coefficient (Wildman–Crippen LogP) is 0.403. The third-order valence-electron chi connectivity index (χ3n) is 5.32. The molecule has 3 N–H and O–H groups in total. The summed E-state index contributed by atoms with van der Waals surface area (Å²) in [6.07, 6.45) is 0.528. The molecule has 9 heteroatoms. The Kier molecular flexibility index (Phi) is 5.54. The molecule has 2 aliphatic rings. The van der Waals surface area contributed by atoms with E-state index in [1.807, 2.05) is 4.90 Å². The summed E-state index contributed by atoms with van der Waals surface area (Å²) in [5.41, 5.74) is 1.25. The number of piperidine rings is 1. The maximum atomic E-state index is 13.3. The van der Waals surface area contributed by atoms with Gasteiger partial charge in [0.05, 0.1) is 42.6 Å². The molecule has 2 atom stereocenters. The average molecular weight is 389 g/mol. The minimum atomic E-state index is -0.337. The molecular formula is C19H24FN5O3. The van der Waals surface area contributed by atoms with Gasteiger partial charge in [0, 0.05) is 26.2 Å². The van der Waals surface area contributed by atoms with Gasteiger partial charge in [-0.2, -0.15) is 0 Å². The monoisotopic (exact) mass is 389 g/mol. The first kappa shape index (κ1) is 18.8. The van der Waals surface area contributed by atoms with E-state index in [1.165, 1.54) is 12.1 Å². The van der Waals surface area contributed by atoms with Gasteiger partial charge in [0.1, 0.15) is 11.6 Å². The summed E-state index contributed by atoms with van der Waals surface area (Å²) < 4.78 is 18.6. The topological polar surface area (TPSA) is 99.3 Å². The van der Waals surface area contributed by atoms with Crippen LogP contribution >= 0.6 is 0 Å². The van der Waals surface area contributed by atoms with E-state index in [-0.39, 0.29) is 36.0 Å². The second-order valence-electron chi connectivity index (χ2n) is 7.29. The Morgan fingerprint density at radius 2 is 2.04 bits per heavy atom. The zero-order chi connectivity index (χ0) is 19.5. The van der Waals surface area contributed by atoms with Crippen molar-refractivity contribution in [3.63, 3.8) is 0 Å². The van der Waals surface area contributed by atoms with Gasteiger partial charge in [-0.1, -0.05) is 0 Å². The van der Waals surface area contributed by atoms with Crippen molar-refractivity contribution in [2.75, 3.05) is 39.4 Å². The second-order valence-corrected chi connectivity index (χ2v) is 7.29. The van der Waals surface area contributed by atoms with E-state index in [0.29, 0.717) is 62.7 Å². The fourth-order valence-electron chi connectivity index (χ4n) is 3.81. The number of carbonyl (C=O) groups is 2. The molecule has 1 aromatic heterocycles. The standard InChI is InChI=1S/C19H24FN5O3/c20-14-1-2-15-16(8-14)24-17(23-15)11-22-18(26)12-7-13(10-21-9-12)19(27)25-3-5-28-6-4-25/h1-2,8,12-13,21H,3-7,9-11H2,(H,22,26)(H,23,24).